The summed E-state index contributed by atoms with van der Waals surface area (Å²) < 4.78 is 30.2. The zero-order chi connectivity index (χ0) is 24.4. The van der Waals surface area contributed by atoms with Crippen molar-refractivity contribution in [1.29, 1.82) is 0 Å². The number of nitrogens with one attached hydrogen (secondary N) is 1. The van der Waals surface area contributed by atoms with Gasteiger partial charge in [-0.1, -0.05) is 19.3 Å². The highest BCUT2D eigenvalue weighted by Crippen LogP contribution is 2.30. The van der Waals surface area contributed by atoms with Crippen molar-refractivity contribution in [2.45, 2.75) is 63.3 Å². The van der Waals surface area contributed by atoms with Gasteiger partial charge in [-0.25, -0.2) is 18.4 Å². The zero-order valence-corrected chi connectivity index (χ0v) is 19.8. The van der Waals surface area contributed by atoms with E-state index in [1.54, 1.807) is 25.1 Å². The molecule has 1 aromatic carbocycles. The minimum absolute atomic E-state index is 0.00673. The second-order valence-electron chi connectivity index (χ2n) is 8.48. The highest BCUT2D eigenvalue weighted by atomic mass is 32.2. The summed E-state index contributed by atoms with van der Waals surface area (Å²) in [5.41, 5.74) is 1.37. The summed E-state index contributed by atoms with van der Waals surface area (Å²) in [6.07, 6.45) is 3.56. The Morgan fingerprint density at radius 2 is 1.70 bits per heavy atom. The first-order valence-electron chi connectivity index (χ1n) is 10.8. The normalized spacial score (nSPS) is 15.6. The number of aromatic nitrogens is 1. The Kier molecular flexibility index (Phi) is 7.08. The summed E-state index contributed by atoms with van der Waals surface area (Å²) in [7, 11) is -3.81. The van der Waals surface area contributed by atoms with Crippen LogP contribution in [0.1, 0.15) is 60.8 Å². The van der Waals surface area contributed by atoms with E-state index in [-0.39, 0.29) is 16.6 Å². The molecule has 3 N–H and O–H groups in total. The van der Waals surface area contributed by atoms with Crippen molar-refractivity contribution in [1.82, 2.24) is 9.88 Å². The van der Waals surface area contributed by atoms with E-state index in [1.165, 1.54) is 19.1 Å². The van der Waals surface area contributed by atoms with Gasteiger partial charge in [-0.15, -0.1) is 0 Å². The average Bonchev–Trinajstić information content (AvgIpc) is 3.05. The van der Waals surface area contributed by atoms with Gasteiger partial charge in [0.15, 0.2) is 6.61 Å². The van der Waals surface area contributed by atoms with E-state index < -0.39 is 28.1 Å². The Morgan fingerprint density at radius 1 is 1.09 bits per heavy atom. The standard InChI is InChI=1S/C23H29N3O6S/c1-15-13-20(16(2)26(15)18-7-9-19(10-8-18)33(24,30)31)21(28)14-32-22(29)23(25-17(3)27)11-5-4-6-12-23/h7-10,13H,4-6,11-12,14H2,1-3H3,(H,25,27)(H2,24,30,31). The molecule has 1 saturated carbocycles. The second kappa shape index (κ2) is 9.48. The molecule has 0 radical (unpaired) electrons. The van der Waals surface area contributed by atoms with Crippen LogP contribution in [-0.4, -0.2) is 42.8 Å². The molecule has 0 saturated heterocycles. The molecule has 1 heterocycles. The smallest absolute Gasteiger partial charge is 0.332 e. The number of ketones is 1. The van der Waals surface area contributed by atoms with Crippen molar-refractivity contribution in [3.63, 3.8) is 0 Å². The minimum atomic E-state index is -3.81. The van der Waals surface area contributed by atoms with E-state index in [0.717, 1.165) is 25.0 Å². The van der Waals surface area contributed by atoms with E-state index >= 15 is 0 Å². The lowest BCUT2D eigenvalue weighted by Gasteiger charge is -2.35. The van der Waals surface area contributed by atoms with Crippen LogP contribution >= 0.6 is 0 Å². The zero-order valence-electron chi connectivity index (χ0n) is 19.0. The molecule has 2 aromatic rings. The van der Waals surface area contributed by atoms with Gasteiger partial charge in [0.25, 0.3) is 0 Å². The van der Waals surface area contributed by atoms with Crippen LogP contribution in [0.15, 0.2) is 35.2 Å². The third kappa shape index (κ3) is 5.33. The van der Waals surface area contributed by atoms with Gasteiger partial charge in [0.1, 0.15) is 5.54 Å². The first-order valence-corrected chi connectivity index (χ1v) is 12.3. The van der Waals surface area contributed by atoms with Gasteiger partial charge < -0.3 is 14.6 Å². The molecule has 1 amide bonds. The molecule has 0 unspecified atom stereocenters. The largest absolute Gasteiger partial charge is 0.456 e. The SMILES string of the molecule is CC(=O)NC1(C(=O)OCC(=O)c2cc(C)n(-c3ccc(S(N)(=O)=O)cc3)c2C)CCCCC1. The van der Waals surface area contributed by atoms with Crippen molar-refractivity contribution < 1.29 is 27.5 Å². The third-order valence-corrected chi connectivity index (χ3v) is 6.93. The van der Waals surface area contributed by atoms with Crippen LogP contribution in [0.4, 0.5) is 0 Å². The van der Waals surface area contributed by atoms with E-state index in [0.29, 0.717) is 29.8 Å². The van der Waals surface area contributed by atoms with Gasteiger partial charge in [0, 0.05) is 29.6 Å². The van der Waals surface area contributed by atoms with E-state index in [2.05, 4.69) is 5.32 Å². The number of primary sulfonamides is 1. The highest BCUT2D eigenvalue weighted by molar-refractivity contribution is 7.89. The van der Waals surface area contributed by atoms with Gasteiger partial charge >= 0.3 is 5.97 Å². The van der Waals surface area contributed by atoms with Crippen LogP contribution < -0.4 is 10.5 Å². The Labute approximate surface area is 193 Å². The average molecular weight is 476 g/mol. The van der Waals surface area contributed by atoms with E-state index in [1.807, 2.05) is 11.5 Å². The lowest BCUT2D eigenvalue weighted by atomic mass is 9.81. The molecule has 10 heteroatoms. The van der Waals surface area contributed by atoms with Crippen LogP contribution in [-0.2, 0) is 24.3 Å². The van der Waals surface area contributed by atoms with Crippen molar-refractivity contribution in [2.75, 3.05) is 6.61 Å². The molecule has 0 aliphatic heterocycles. The number of aryl methyl sites for hydroxylation is 1. The van der Waals surface area contributed by atoms with Crippen LogP contribution in [0, 0.1) is 13.8 Å². The number of carbonyl (C=O) groups excluding carboxylic acids is 3. The number of carbonyl (C=O) groups is 3. The van der Waals surface area contributed by atoms with Gasteiger partial charge in [-0.3, -0.25) is 9.59 Å². The van der Waals surface area contributed by atoms with E-state index in [4.69, 9.17) is 9.88 Å². The number of rotatable bonds is 7. The quantitative estimate of drug-likeness (QED) is 0.466. The van der Waals surface area contributed by atoms with Gasteiger partial charge in [0.2, 0.25) is 21.7 Å². The van der Waals surface area contributed by atoms with Crippen molar-refractivity contribution in [3.8, 4) is 5.69 Å². The lowest BCUT2D eigenvalue weighted by Crippen LogP contribution is -2.56. The number of sulfonamides is 1. The predicted octanol–water partition coefficient (Wildman–Crippen LogP) is 2.31. The number of nitrogens with zero attached hydrogens (tertiary/aromatic N) is 1. The number of hydrogen-bond donors (Lipinski definition) is 2. The molecule has 0 bridgehead atoms. The monoisotopic (exact) mass is 475 g/mol. The number of nitrogens with two attached hydrogens (primary N) is 1. The van der Waals surface area contributed by atoms with Gasteiger partial charge in [-0.05, 0) is 57.0 Å². The summed E-state index contributed by atoms with van der Waals surface area (Å²) in [5, 5.41) is 7.89. The van der Waals surface area contributed by atoms with Crippen LogP contribution in [0.3, 0.4) is 0 Å². The maximum Gasteiger partial charge on any atom is 0.332 e. The molecular formula is C23H29N3O6S. The second-order valence-corrected chi connectivity index (χ2v) is 10.0. The van der Waals surface area contributed by atoms with Crippen molar-refractivity contribution >= 4 is 27.7 Å². The van der Waals surface area contributed by atoms with Crippen LogP contribution in [0.25, 0.3) is 5.69 Å². The van der Waals surface area contributed by atoms with Crippen molar-refractivity contribution in [2.24, 2.45) is 5.14 Å². The van der Waals surface area contributed by atoms with Gasteiger partial charge in [0.05, 0.1) is 4.90 Å². The number of esters is 1. The number of benzene rings is 1. The van der Waals surface area contributed by atoms with Crippen LogP contribution in [0.5, 0.6) is 0 Å². The Bertz CT molecular complexity index is 1180. The lowest BCUT2D eigenvalue weighted by molar-refractivity contribution is -0.154. The Morgan fingerprint density at radius 3 is 2.24 bits per heavy atom. The molecule has 1 fully saturated rings. The molecule has 0 atom stereocenters. The predicted molar refractivity (Wildman–Crippen MR) is 122 cm³/mol. The van der Waals surface area contributed by atoms with Crippen molar-refractivity contribution in [3.05, 3.63) is 47.3 Å². The number of Topliss-reactive ketones (excluding diaryl/α,β-unsaturated/α-hetero) is 1. The highest BCUT2D eigenvalue weighted by Gasteiger charge is 2.42. The molecule has 0 spiro atoms. The van der Waals surface area contributed by atoms with E-state index in [9.17, 15) is 22.8 Å². The summed E-state index contributed by atoms with van der Waals surface area (Å²) >= 11 is 0. The first-order chi connectivity index (χ1) is 15.4. The maximum absolute atomic E-state index is 12.9. The summed E-state index contributed by atoms with van der Waals surface area (Å²) in [5.74, 6) is -1.26. The molecule has 9 nitrogen and oxygen atoms in total. The number of ether oxygens (including phenoxy) is 1. The van der Waals surface area contributed by atoms with Gasteiger partial charge in [-0.2, -0.15) is 0 Å². The first kappa shape index (κ1) is 24.7. The molecular weight excluding hydrogens is 446 g/mol. The topological polar surface area (TPSA) is 138 Å². The van der Waals surface area contributed by atoms with Crippen LogP contribution in [0.2, 0.25) is 0 Å². The fraction of sp³-hybridized carbons (Fsp3) is 0.435. The summed E-state index contributed by atoms with van der Waals surface area (Å²) in [4.78, 5) is 37.4. The molecule has 33 heavy (non-hydrogen) atoms. The Hall–Kier alpha value is -2.98. The third-order valence-electron chi connectivity index (χ3n) is 6.00. The molecule has 1 aliphatic carbocycles. The summed E-state index contributed by atoms with van der Waals surface area (Å²) in [6, 6.07) is 7.71. The number of hydrogen-bond acceptors (Lipinski definition) is 6. The molecule has 1 aliphatic rings. The Balaban J connectivity index is 1.77. The number of amides is 1. The minimum Gasteiger partial charge on any atom is -0.456 e. The molecule has 178 valence electrons. The summed E-state index contributed by atoms with van der Waals surface area (Å²) in [6.45, 7) is 4.50. The molecule has 3 rings (SSSR count). The fourth-order valence-electron chi connectivity index (χ4n) is 4.45. The fourth-order valence-corrected chi connectivity index (χ4v) is 4.96. The maximum atomic E-state index is 12.9. The molecule has 1 aromatic heterocycles.